The van der Waals surface area contributed by atoms with Crippen LogP contribution in [0.25, 0.3) is 0 Å². The van der Waals surface area contributed by atoms with Gasteiger partial charge in [0, 0.05) is 4.47 Å². The second-order valence-electron chi connectivity index (χ2n) is 5.12. The van der Waals surface area contributed by atoms with E-state index in [0.717, 1.165) is 25.7 Å². The molecule has 0 aromatic heterocycles. The Kier molecular flexibility index (Phi) is 6.74. The molecule has 2 nitrogen and oxygen atoms in total. The SMILES string of the molecule is Cl.N[C@H](c1cc(F)cc(Br)c1)[C@@H](O)C1CCCCC1. The lowest BCUT2D eigenvalue weighted by atomic mass is 9.81. The number of hydrogen-bond acceptors (Lipinski definition) is 2. The van der Waals surface area contributed by atoms with E-state index in [9.17, 15) is 9.50 Å². The highest BCUT2D eigenvalue weighted by Crippen LogP contribution is 2.32. The van der Waals surface area contributed by atoms with Crippen LogP contribution in [-0.4, -0.2) is 11.2 Å². The van der Waals surface area contributed by atoms with Crippen molar-refractivity contribution in [3.8, 4) is 0 Å². The molecular formula is C14H20BrClFNO. The van der Waals surface area contributed by atoms with Crippen molar-refractivity contribution in [2.45, 2.75) is 44.2 Å². The average molecular weight is 353 g/mol. The minimum absolute atomic E-state index is 0. The Balaban J connectivity index is 0.00000180. The van der Waals surface area contributed by atoms with E-state index in [4.69, 9.17) is 5.73 Å². The van der Waals surface area contributed by atoms with Crippen LogP contribution in [0.1, 0.15) is 43.7 Å². The summed E-state index contributed by atoms with van der Waals surface area (Å²) >= 11 is 3.25. The number of aliphatic hydroxyl groups excluding tert-OH is 1. The molecule has 0 radical (unpaired) electrons. The summed E-state index contributed by atoms with van der Waals surface area (Å²) in [6, 6.07) is 4.06. The molecule has 1 aromatic rings. The summed E-state index contributed by atoms with van der Waals surface area (Å²) in [5, 5.41) is 10.3. The number of nitrogens with two attached hydrogens (primary N) is 1. The molecule has 2 atom stereocenters. The molecule has 1 fully saturated rings. The summed E-state index contributed by atoms with van der Waals surface area (Å²) in [7, 11) is 0. The zero-order chi connectivity index (χ0) is 13.1. The third kappa shape index (κ3) is 4.42. The third-order valence-electron chi connectivity index (χ3n) is 3.77. The first kappa shape index (κ1) is 16.9. The van der Waals surface area contributed by atoms with E-state index in [1.807, 2.05) is 0 Å². The third-order valence-corrected chi connectivity index (χ3v) is 4.23. The van der Waals surface area contributed by atoms with Gasteiger partial charge in [0.1, 0.15) is 5.82 Å². The molecule has 0 aliphatic heterocycles. The molecule has 2 rings (SSSR count). The maximum atomic E-state index is 13.3. The fourth-order valence-electron chi connectivity index (χ4n) is 2.73. The molecule has 1 saturated carbocycles. The maximum Gasteiger partial charge on any atom is 0.124 e. The summed E-state index contributed by atoms with van der Waals surface area (Å²) in [6.07, 6.45) is 5.00. The van der Waals surface area contributed by atoms with Crippen molar-refractivity contribution >= 4 is 28.3 Å². The molecule has 5 heteroatoms. The van der Waals surface area contributed by atoms with Crippen molar-refractivity contribution in [3.05, 3.63) is 34.1 Å². The van der Waals surface area contributed by atoms with Gasteiger partial charge in [-0.25, -0.2) is 4.39 Å². The van der Waals surface area contributed by atoms with Gasteiger partial charge < -0.3 is 10.8 Å². The highest BCUT2D eigenvalue weighted by molar-refractivity contribution is 9.10. The lowest BCUT2D eigenvalue weighted by molar-refractivity contribution is 0.0617. The van der Waals surface area contributed by atoms with Crippen LogP contribution in [0, 0.1) is 11.7 Å². The van der Waals surface area contributed by atoms with Crippen molar-refractivity contribution in [2.24, 2.45) is 11.7 Å². The van der Waals surface area contributed by atoms with Gasteiger partial charge >= 0.3 is 0 Å². The quantitative estimate of drug-likeness (QED) is 0.865. The van der Waals surface area contributed by atoms with Gasteiger partial charge in [0.25, 0.3) is 0 Å². The predicted molar refractivity (Wildman–Crippen MR) is 80.9 cm³/mol. The van der Waals surface area contributed by atoms with E-state index in [0.29, 0.717) is 10.0 Å². The van der Waals surface area contributed by atoms with Crippen LogP contribution in [0.4, 0.5) is 4.39 Å². The van der Waals surface area contributed by atoms with E-state index < -0.39 is 12.1 Å². The average Bonchev–Trinajstić information content (AvgIpc) is 2.37. The standard InChI is InChI=1S/C14H19BrFNO.ClH/c15-11-6-10(7-12(16)8-11)13(17)14(18)9-4-2-1-3-5-9;/h6-9,13-14,18H,1-5,17H2;1H/t13-,14+;/m1./s1. The van der Waals surface area contributed by atoms with Crippen molar-refractivity contribution in [1.29, 1.82) is 0 Å². The first-order chi connectivity index (χ1) is 8.58. The van der Waals surface area contributed by atoms with Gasteiger partial charge in [-0.2, -0.15) is 0 Å². The monoisotopic (exact) mass is 351 g/mol. The van der Waals surface area contributed by atoms with Crippen LogP contribution in [0.2, 0.25) is 0 Å². The maximum absolute atomic E-state index is 13.3. The number of halogens is 3. The minimum atomic E-state index is -0.584. The van der Waals surface area contributed by atoms with Gasteiger partial charge in [0.15, 0.2) is 0 Å². The zero-order valence-electron chi connectivity index (χ0n) is 10.7. The van der Waals surface area contributed by atoms with Crippen LogP contribution in [0.5, 0.6) is 0 Å². The van der Waals surface area contributed by atoms with E-state index in [1.54, 1.807) is 6.07 Å². The van der Waals surface area contributed by atoms with Crippen LogP contribution in [-0.2, 0) is 0 Å². The molecule has 3 N–H and O–H groups in total. The van der Waals surface area contributed by atoms with Gasteiger partial charge in [-0.05, 0) is 42.5 Å². The van der Waals surface area contributed by atoms with Crippen molar-refractivity contribution in [1.82, 2.24) is 0 Å². The Hall–Kier alpha value is -0.160. The normalized spacial score (nSPS) is 19.6. The Bertz CT molecular complexity index is 392. The summed E-state index contributed by atoms with van der Waals surface area (Å²) < 4.78 is 14.0. The second kappa shape index (κ2) is 7.58. The van der Waals surface area contributed by atoms with E-state index in [1.165, 1.54) is 18.6 Å². The topological polar surface area (TPSA) is 46.2 Å². The molecule has 1 aliphatic rings. The molecular weight excluding hydrogens is 333 g/mol. The molecule has 0 heterocycles. The molecule has 0 bridgehead atoms. The van der Waals surface area contributed by atoms with Crippen molar-refractivity contribution < 1.29 is 9.50 Å². The first-order valence-electron chi connectivity index (χ1n) is 6.47. The van der Waals surface area contributed by atoms with Gasteiger partial charge in [0.2, 0.25) is 0 Å². The molecule has 108 valence electrons. The number of benzene rings is 1. The highest BCUT2D eigenvalue weighted by Gasteiger charge is 2.27. The van der Waals surface area contributed by atoms with E-state index in [2.05, 4.69) is 15.9 Å². The molecule has 1 aromatic carbocycles. The molecule has 19 heavy (non-hydrogen) atoms. The number of hydrogen-bond donors (Lipinski definition) is 2. The first-order valence-corrected chi connectivity index (χ1v) is 7.27. The number of rotatable bonds is 3. The van der Waals surface area contributed by atoms with Crippen LogP contribution in [0.15, 0.2) is 22.7 Å². The van der Waals surface area contributed by atoms with E-state index in [-0.39, 0.29) is 24.1 Å². The predicted octanol–water partition coefficient (Wildman–Crippen LogP) is 3.95. The Labute approximate surface area is 128 Å². The summed E-state index contributed by atoms with van der Waals surface area (Å²) in [5.74, 6) is -0.0820. The minimum Gasteiger partial charge on any atom is -0.391 e. The Morgan fingerprint density at radius 1 is 1.21 bits per heavy atom. The van der Waals surface area contributed by atoms with Crippen LogP contribution < -0.4 is 5.73 Å². The molecule has 0 spiro atoms. The largest absolute Gasteiger partial charge is 0.391 e. The Morgan fingerprint density at radius 3 is 2.42 bits per heavy atom. The van der Waals surface area contributed by atoms with Gasteiger partial charge in [-0.3, -0.25) is 0 Å². The van der Waals surface area contributed by atoms with Crippen LogP contribution in [0.3, 0.4) is 0 Å². The summed E-state index contributed by atoms with van der Waals surface area (Å²) in [4.78, 5) is 0. The fourth-order valence-corrected chi connectivity index (χ4v) is 3.22. The number of aliphatic hydroxyl groups is 1. The van der Waals surface area contributed by atoms with Gasteiger partial charge in [0.05, 0.1) is 12.1 Å². The summed E-state index contributed by atoms with van der Waals surface area (Å²) in [6.45, 7) is 0. The highest BCUT2D eigenvalue weighted by atomic mass is 79.9. The fraction of sp³-hybridized carbons (Fsp3) is 0.571. The summed E-state index contributed by atoms with van der Waals surface area (Å²) in [5.41, 5.74) is 6.72. The van der Waals surface area contributed by atoms with Crippen LogP contribution >= 0.6 is 28.3 Å². The lowest BCUT2D eigenvalue weighted by Crippen LogP contribution is -2.34. The molecule has 1 aliphatic carbocycles. The lowest BCUT2D eigenvalue weighted by Gasteiger charge is -2.30. The van der Waals surface area contributed by atoms with Crippen molar-refractivity contribution in [2.75, 3.05) is 0 Å². The molecule has 0 amide bonds. The molecule has 0 saturated heterocycles. The molecule has 0 unspecified atom stereocenters. The van der Waals surface area contributed by atoms with Gasteiger partial charge in [-0.1, -0.05) is 35.2 Å². The second-order valence-corrected chi connectivity index (χ2v) is 6.03. The smallest absolute Gasteiger partial charge is 0.124 e. The Morgan fingerprint density at radius 2 is 1.84 bits per heavy atom. The van der Waals surface area contributed by atoms with E-state index >= 15 is 0 Å². The van der Waals surface area contributed by atoms with Gasteiger partial charge in [-0.15, -0.1) is 12.4 Å². The van der Waals surface area contributed by atoms with Crippen molar-refractivity contribution in [3.63, 3.8) is 0 Å². The zero-order valence-corrected chi connectivity index (χ0v) is 13.1.